The van der Waals surface area contributed by atoms with E-state index in [-0.39, 0.29) is 41.7 Å². The molecule has 8 heteroatoms. The monoisotopic (exact) mass is 487 g/mol. The summed E-state index contributed by atoms with van der Waals surface area (Å²) < 4.78 is 0. The molecule has 7 nitrogen and oxygen atoms in total. The van der Waals surface area contributed by atoms with Crippen molar-refractivity contribution in [3.8, 4) is 0 Å². The molecule has 1 heterocycles. The van der Waals surface area contributed by atoms with E-state index < -0.39 is 0 Å². The lowest BCUT2D eigenvalue weighted by molar-refractivity contribution is -0.119. The molecule has 0 aliphatic carbocycles. The molecule has 4 N–H and O–H groups in total. The summed E-state index contributed by atoms with van der Waals surface area (Å²) in [4.78, 5) is 30.0. The zero-order valence-corrected chi connectivity index (χ0v) is 18.1. The van der Waals surface area contributed by atoms with Crippen LogP contribution in [-0.2, 0) is 4.79 Å². The van der Waals surface area contributed by atoms with Crippen molar-refractivity contribution in [1.29, 1.82) is 0 Å². The molecule has 0 radical (unpaired) electrons. The Kier molecular flexibility index (Phi) is 10.8. The number of nitrogens with one attached hydrogen (secondary N) is 2. The van der Waals surface area contributed by atoms with E-state index in [0.29, 0.717) is 25.1 Å². The molecule has 1 aliphatic rings. The van der Waals surface area contributed by atoms with E-state index in [1.165, 1.54) is 0 Å². The molecule has 0 bridgehead atoms. The molecule has 150 valence electrons. The van der Waals surface area contributed by atoms with Crippen LogP contribution in [-0.4, -0.2) is 55.4 Å². The van der Waals surface area contributed by atoms with Crippen LogP contribution in [0.4, 0.5) is 0 Å². The van der Waals surface area contributed by atoms with Crippen molar-refractivity contribution in [2.45, 2.75) is 26.2 Å². The number of primary amides is 1. The number of benzene rings is 1. The van der Waals surface area contributed by atoms with Crippen LogP contribution in [0.1, 0.15) is 36.5 Å². The van der Waals surface area contributed by atoms with Crippen molar-refractivity contribution < 1.29 is 9.59 Å². The predicted octanol–water partition coefficient (Wildman–Crippen LogP) is 1.59. The smallest absolute Gasteiger partial charge is 0.251 e. The highest BCUT2D eigenvalue weighted by Gasteiger charge is 2.23. The van der Waals surface area contributed by atoms with Gasteiger partial charge in [0, 0.05) is 38.2 Å². The molecule has 0 aromatic heterocycles. The highest BCUT2D eigenvalue weighted by molar-refractivity contribution is 14.0. The lowest BCUT2D eigenvalue weighted by Gasteiger charge is -2.34. The normalized spacial score (nSPS) is 17.0. The first kappa shape index (κ1) is 23.2. The van der Waals surface area contributed by atoms with Gasteiger partial charge in [-0.1, -0.05) is 18.2 Å². The van der Waals surface area contributed by atoms with Gasteiger partial charge in [-0.05, 0) is 37.8 Å². The van der Waals surface area contributed by atoms with Gasteiger partial charge in [-0.2, -0.15) is 0 Å². The molecule has 1 fully saturated rings. The van der Waals surface area contributed by atoms with Crippen LogP contribution in [0.2, 0.25) is 0 Å². The Morgan fingerprint density at radius 2 is 2.00 bits per heavy atom. The molecule has 27 heavy (non-hydrogen) atoms. The maximum Gasteiger partial charge on any atom is 0.251 e. The highest BCUT2D eigenvalue weighted by Crippen LogP contribution is 2.19. The number of rotatable bonds is 7. The van der Waals surface area contributed by atoms with Crippen LogP contribution in [0.15, 0.2) is 35.3 Å². The molecule has 2 amide bonds. The van der Waals surface area contributed by atoms with Gasteiger partial charge in [-0.15, -0.1) is 24.0 Å². The molecule has 1 aromatic rings. The molecular weight excluding hydrogens is 457 g/mol. The Labute approximate surface area is 178 Å². The second-order valence-corrected chi connectivity index (χ2v) is 6.48. The number of halogens is 1. The molecule has 1 saturated heterocycles. The van der Waals surface area contributed by atoms with Crippen LogP contribution in [0.5, 0.6) is 0 Å². The number of hydrogen-bond donors (Lipinski definition) is 3. The number of hydrogen-bond acceptors (Lipinski definition) is 3. The number of nitrogens with two attached hydrogens (primary N) is 1. The number of aliphatic imine (C=N–C) groups is 1. The SMILES string of the molecule is CCNC(=NCCNC(=O)c1ccccc1)N1CCCC(CC(N)=O)C1.I. The van der Waals surface area contributed by atoms with Gasteiger partial charge in [0.15, 0.2) is 5.96 Å². The summed E-state index contributed by atoms with van der Waals surface area (Å²) in [6.45, 7) is 5.46. The van der Waals surface area contributed by atoms with E-state index in [9.17, 15) is 9.59 Å². The van der Waals surface area contributed by atoms with Gasteiger partial charge >= 0.3 is 0 Å². The molecule has 2 rings (SSSR count). The molecule has 1 aromatic carbocycles. The zero-order chi connectivity index (χ0) is 18.8. The fourth-order valence-corrected chi connectivity index (χ4v) is 3.16. The number of carbonyl (C=O) groups excluding carboxylic acids is 2. The summed E-state index contributed by atoms with van der Waals surface area (Å²) in [6, 6.07) is 9.14. The first-order valence-electron chi connectivity index (χ1n) is 9.25. The third-order valence-corrected chi connectivity index (χ3v) is 4.34. The second-order valence-electron chi connectivity index (χ2n) is 6.48. The van der Waals surface area contributed by atoms with Gasteiger partial charge < -0.3 is 21.3 Å². The average molecular weight is 487 g/mol. The van der Waals surface area contributed by atoms with Gasteiger partial charge in [0.25, 0.3) is 5.91 Å². The number of carbonyl (C=O) groups is 2. The van der Waals surface area contributed by atoms with Gasteiger partial charge in [-0.25, -0.2) is 0 Å². The molecule has 0 spiro atoms. The fourth-order valence-electron chi connectivity index (χ4n) is 3.16. The topological polar surface area (TPSA) is 99.8 Å². The summed E-state index contributed by atoms with van der Waals surface area (Å²) in [5.74, 6) is 0.770. The second kappa shape index (κ2) is 12.5. The zero-order valence-electron chi connectivity index (χ0n) is 15.8. The van der Waals surface area contributed by atoms with Crippen LogP contribution in [0.3, 0.4) is 0 Å². The minimum Gasteiger partial charge on any atom is -0.370 e. The first-order valence-corrected chi connectivity index (χ1v) is 9.25. The van der Waals surface area contributed by atoms with Crippen molar-refractivity contribution in [2.24, 2.45) is 16.6 Å². The summed E-state index contributed by atoms with van der Waals surface area (Å²) >= 11 is 0. The van der Waals surface area contributed by atoms with E-state index in [4.69, 9.17) is 5.73 Å². The Hall–Kier alpha value is -1.84. The Morgan fingerprint density at radius 1 is 1.26 bits per heavy atom. The molecule has 0 saturated carbocycles. The van der Waals surface area contributed by atoms with Crippen molar-refractivity contribution in [3.05, 3.63) is 35.9 Å². The van der Waals surface area contributed by atoms with Crippen LogP contribution in [0.25, 0.3) is 0 Å². The Balaban J connectivity index is 0.00000364. The van der Waals surface area contributed by atoms with E-state index in [1.54, 1.807) is 12.1 Å². The largest absolute Gasteiger partial charge is 0.370 e. The minimum absolute atomic E-state index is 0. The first-order chi connectivity index (χ1) is 12.6. The third-order valence-electron chi connectivity index (χ3n) is 4.34. The molecule has 1 aliphatic heterocycles. The quantitative estimate of drug-likeness (QED) is 0.236. The summed E-state index contributed by atoms with van der Waals surface area (Å²) in [5.41, 5.74) is 5.98. The lowest BCUT2D eigenvalue weighted by Crippen LogP contribution is -2.47. The molecular formula is C19H30IN5O2. The maximum atomic E-state index is 12.0. The van der Waals surface area contributed by atoms with Gasteiger partial charge in [-0.3, -0.25) is 14.6 Å². The van der Waals surface area contributed by atoms with Crippen molar-refractivity contribution in [1.82, 2.24) is 15.5 Å². The summed E-state index contributed by atoms with van der Waals surface area (Å²) in [6.07, 6.45) is 2.46. The Morgan fingerprint density at radius 3 is 2.67 bits per heavy atom. The number of guanidine groups is 1. The van der Waals surface area contributed by atoms with E-state index in [2.05, 4.69) is 20.5 Å². The molecule has 1 atom stereocenters. The summed E-state index contributed by atoms with van der Waals surface area (Å²) in [5, 5.41) is 6.17. The van der Waals surface area contributed by atoms with Crippen molar-refractivity contribution >= 4 is 41.8 Å². The van der Waals surface area contributed by atoms with Crippen molar-refractivity contribution in [2.75, 3.05) is 32.7 Å². The maximum absolute atomic E-state index is 12.0. The van der Waals surface area contributed by atoms with Crippen LogP contribution < -0.4 is 16.4 Å². The average Bonchev–Trinajstić information content (AvgIpc) is 2.64. The summed E-state index contributed by atoms with van der Waals surface area (Å²) in [7, 11) is 0. The molecule has 1 unspecified atom stereocenters. The Bertz CT molecular complexity index is 624. The number of nitrogens with zero attached hydrogens (tertiary/aromatic N) is 2. The van der Waals surface area contributed by atoms with Gasteiger partial charge in [0.2, 0.25) is 5.91 Å². The predicted molar refractivity (Wildman–Crippen MR) is 118 cm³/mol. The van der Waals surface area contributed by atoms with E-state index >= 15 is 0 Å². The number of piperidine rings is 1. The lowest BCUT2D eigenvalue weighted by atomic mass is 9.95. The number of amides is 2. The van der Waals surface area contributed by atoms with Crippen LogP contribution in [0, 0.1) is 5.92 Å². The third kappa shape index (κ3) is 8.15. The van der Waals surface area contributed by atoms with E-state index in [0.717, 1.165) is 38.4 Å². The van der Waals surface area contributed by atoms with Crippen LogP contribution >= 0.6 is 24.0 Å². The highest BCUT2D eigenvalue weighted by atomic mass is 127. The van der Waals surface area contributed by atoms with Gasteiger partial charge in [0.05, 0.1) is 6.54 Å². The van der Waals surface area contributed by atoms with Crippen molar-refractivity contribution in [3.63, 3.8) is 0 Å². The standard InChI is InChI=1S/C19H29N5O2.HI/c1-2-21-19(24-12-6-7-15(14-24)13-17(20)25)23-11-10-22-18(26)16-8-4-3-5-9-16;/h3-5,8-9,15H,2,6-7,10-14H2,1H3,(H2,20,25)(H,21,23)(H,22,26);1H. The van der Waals surface area contributed by atoms with Gasteiger partial charge in [0.1, 0.15) is 0 Å². The minimum atomic E-state index is -0.248. The van der Waals surface area contributed by atoms with E-state index in [1.807, 2.05) is 25.1 Å². The number of likely N-dealkylation sites (tertiary alicyclic amines) is 1. The fraction of sp³-hybridized carbons (Fsp3) is 0.526.